The van der Waals surface area contributed by atoms with Crippen molar-refractivity contribution in [2.24, 2.45) is 0 Å². The number of thiol groups is 1. The van der Waals surface area contributed by atoms with Crippen molar-refractivity contribution in [1.82, 2.24) is 0 Å². The van der Waals surface area contributed by atoms with Crippen LogP contribution < -0.4 is 5.73 Å². The Bertz CT molecular complexity index is 296. The Morgan fingerprint density at radius 2 is 2.18 bits per heavy atom. The van der Waals surface area contributed by atoms with Crippen molar-refractivity contribution < 1.29 is 0 Å². The lowest BCUT2D eigenvalue weighted by molar-refractivity contribution is 1.46. The summed E-state index contributed by atoms with van der Waals surface area (Å²) in [7, 11) is 0. The topological polar surface area (TPSA) is 26.0 Å². The predicted molar refractivity (Wildman–Crippen MR) is 53.0 cm³/mol. The van der Waals surface area contributed by atoms with E-state index >= 15 is 0 Å². The van der Waals surface area contributed by atoms with Crippen molar-refractivity contribution in [3.63, 3.8) is 0 Å². The van der Waals surface area contributed by atoms with Crippen LogP contribution in [0.5, 0.6) is 0 Å². The number of halogens is 1. The molecule has 0 saturated heterocycles. The molecule has 0 aliphatic heterocycles. The van der Waals surface area contributed by atoms with Crippen LogP contribution in [0.3, 0.4) is 0 Å². The molecular formula is C8H8ClNS. The van der Waals surface area contributed by atoms with Gasteiger partial charge >= 0.3 is 0 Å². The molecule has 11 heavy (non-hydrogen) atoms. The van der Waals surface area contributed by atoms with Crippen LogP contribution in [-0.4, -0.2) is 0 Å². The highest BCUT2D eigenvalue weighted by Crippen LogP contribution is 2.24. The molecule has 3 heteroatoms. The van der Waals surface area contributed by atoms with Gasteiger partial charge in [-0.05, 0) is 12.1 Å². The minimum Gasteiger partial charge on any atom is -0.398 e. The van der Waals surface area contributed by atoms with Gasteiger partial charge in [-0.3, -0.25) is 0 Å². The normalized spacial score (nSPS) is 9.64. The van der Waals surface area contributed by atoms with E-state index in [4.69, 9.17) is 17.3 Å². The Labute approximate surface area is 76.3 Å². The van der Waals surface area contributed by atoms with Crippen LogP contribution in [0.15, 0.2) is 29.7 Å². The Morgan fingerprint density at radius 1 is 1.55 bits per heavy atom. The Morgan fingerprint density at radius 3 is 2.64 bits per heavy atom. The molecule has 0 amide bonds. The van der Waals surface area contributed by atoms with Crippen molar-refractivity contribution >= 4 is 34.9 Å². The molecule has 58 valence electrons. The summed E-state index contributed by atoms with van der Waals surface area (Å²) in [5.74, 6) is 0. The Hall–Kier alpha value is -0.600. The fourth-order valence-electron chi connectivity index (χ4n) is 0.797. The van der Waals surface area contributed by atoms with Crippen molar-refractivity contribution in [2.45, 2.75) is 4.90 Å². The lowest BCUT2D eigenvalue weighted by atomic mass is 10.2. The fraction of sp³-hybridized carbons (Fsp3) is 0. The van der Waals surface area contributed by atoms with Crippen LogP contribution in [-0.2, 0) is 0 Å². The van der Waals surface area contributed by atoms with E-state index in [2.05, 4.69) is 19.2 Å². The maximum atomic E-state index is 5.66. The first kappa shape index (κ1) is 8.50. The molecule has 0 radical (unpaired) electrons. The number of nitrogens with two attached hydrogens (primary N) is 1. The SMILES string of the molecule is C=C(Cl)c1ccc(S)cc1N. The second-order valence-electron chi connectivity index (χ2n) is 2.18. The number of nitrogen functional groups attached to an aromatic ring is 1. The average Bonchev–Trinajstić information content (AvgIpc) is 1.85. The van der Waals surface area contributed by atoms with Crippen LogP contribution in [0.4, 0.5) is 5.69 Å². The largest absolute Gasteiger partial charge is 0.398 e. The van der Waals surface area contributed by atoms with Gasteiger partial charge in [0.25, 0.3) is 0 Å². The second kappa shape index (κ2) is 3.20. The molecule has 0 aliphatic carbocycles. The predicted octanol–water partition coefficient (Wildman–Crippen LogP) is 2.77. The van der Waals surface area contributed by atoms with Crippen LogP contribution in [0.2, 0.25) is 0 Å². The molecule has 0 spiro atoms. The van der Waals surface area contributed by atoms with Gasteiger partial charge in [0.15, 0.2) is 0 Å². The monoisotopic (exact) mass is 185 g/mol. The summed E-state index contributed by atoms with van der Waals surface area (Å²) >= 11 is 9.78. The molecule has 0 unspecified atom stereocenters. The first-order valence-electron chi connectivity index (χ1n) is 3.04. The van der Waals surface area contributed by atoms with Gasteiger partial charge in [-0.1, -0.05) is 24.2 Å². The van der Waals surface area contributed by atoms with Crippen molar-refractivity contribution in [1.29, 1.82) is 0 Å². The zero-order chi connectivity index (χ0) is 8.43. The summed E-state index contributed by atoms with van der Waals surface area (Å²) < 4.78 is 0. The summed E-state index contributed by atoms with van der Waals surface area (Å²) in [6.07, 6.45) is 0. The van der Waals surface area contributed by atoms with Gasteiger partial charge in [-0.2, -0.15) is 0 Å². The van der Waals surface area contributed by atoms with Crippen LogP contribution in [0.25, 0.3) is 5.03 Å². The molecule has 0 atom stereocenters. The number of anilines is 1. The van der Waals surface area contributed by atoms with E-state index in [9.17, 15) is 0 Å². The molecule has 0 heterocycles. The third kappa shape index (κ3) is 1.91. The first-order valence-corrected chi connectivity index (χ1v) is 3.87. The van der Waals surface area contributed by atoms with E-state index in [0.717, 1.165) is 10.5 Å². The molecule has 1 aromatic rings. The average molecular weight is 186 g/mol. The molecule has 0 bridgehead atoms. The van der Waals surface area contributed by atoms with Crippen molar-refractivity contribution in [3.8, 4) is 0 Å². The minimum absolute atomic E-state index is 0.454. The van der Waals surface area contributed by atoms with Gasteiger partial charge in [0, 0.05) is 21.2 Å². The Kier molecular flexibility index (Phi) is 2.47. The number of benzene rings is 1. The van der Waals surface area contributed by atoms with Gasteiger partial charge in [-0.25, -0.2) is 0 Å². The number of rotatable bonds is 1. The third-order valence-corrected chi connectivity index (χ3v) is 1.81. The third-order valence-electron chi connectivity index (χ3n) is 1.33. The summed E-state index contributed by atoms with van der Waals surface area (Å²) in [4.78, 5) is 0.823. The molecule has 1 nitrogen and oxygen atoms in total. The standard InChI is InChI=1S/C8H8ClNS/c1-5(9)7-3-2-6(11)4-8(7)10/h2-4,11H,1,10H2. The maximum absolute atomic E-state index is 5.66. The fourth-order valence-corrected chi connectivity index (χ4v) is 1.18. The lowest BCUT2D eigenvalue weighted by Crippen LogP contribution is -1.89. The molecule has 0 saturated carbocycles. The van der Waals surface area contributed by atoms with E-state index in [1.165, 1.54) is 0 Å². The zero-order valence-corrected chi connectivity index (χ0v) is 7.49. The Balaban J connectivity index is 3.20. The molecule has 0 fully saturated rings. The van der Waals surface area contributed by atoms with E-state index < -0.39 is 0 Å². The molecule has 2 N–H and O–H groups in total. The highest BCUT2D eigenvalue weighted by atomic mass is 35.5. The van der Waals surface area contributed by atoms with Crippen molar-refractivity contribution in [3.05, 3.63) is 30.3 Å². The number of hydrogen-bond acceptors (Lipinski definition) is 2. The summed E-state index contributed by atoms with van der Waals surface area (Å²) in [6.45, 7) is 3.58. The number of hydrogen-bond donors (Lipinski definition) is 2. The quantitative estimate of drug-likeness (QED) is 0.511. The summed E-state index contributed by atoms with van der Waals surface area (Å²) in [5, 5.41) is 0.454. The minimum atomic E-state index is 0.454. The van der Waals surface area contributed by atoms with Gasteiger partial charge in [0.1, 0.15) is 0 Å². The lowest BCUT2D eigenvalue weighted by Gasteiger charge is -2.02. The second-order valence-corrected chi connectivity index (χ2v) is 3.15. The van der Waals surface area contributed by atoms with Gasteiger partial charge in [0.2, 0.25) is 0 Å². The summed E-state index contributed by atoms with van der Waals surface area (Å²) in [6, 6.07) is 5.36. The first-order chi connectivity index (χ1) is 5.11. The smallest absolute Gasteiger partial charge is 0.0427 e. The molecule has 1 rings (SSSR count). The van der Waals surface area contributed by atoms with Crippen LogP contribution in [0.1, 0.15) is 5.56 Å². The highest BCUT2D eigenvalue weighted by molar-refractivity contribution is 7.80. The summed E-state index contributed by atoms with van der Waals surface area (Å²) in [5.41, 5.74) is 7.00. The van der Waals surface area contributed by atoms with Crippen LogP contribution >= 0.6 is 24.2 Å². The molecular weight excluding hydrogens is 178 g/mol. The van der Waals surface area contributed by atoms with E-state index in [1.54, 1.807) is 12.1 Å². The van der Waals surface area contributed by atoms with Gasteiger partial charge < -0.3 is 5.73 Å². The van der Waals surface area contributed by atoms with E-state index in [-0.39, 0.29) is 0 Å². The highest BCUT2D eigenvalue weighted by Gasteiger charge is 1.99. The maximum Gasteiger partial charge on any atom is 0.0427 e. The molecule has 0 aliphatic rings. The van der Waals surface area contributed by atoms with Gasteiger partial charge in [0.05, 0.1) is 0 Å². The molecule has 1 aromatic carbocycles. The van der Waals surface area contributed by atoms with E-state index in [0.29, 0.717) is 10.7 Å². The van der Waals surface area contributed by atoms with E-state index in [1.807, 2.05) is 6.07 Å². The van der Waals surface area contributed by atoms with Crippen LogP contribution in [0, 0.1) is 0 Å². The zero-order valence-electron chi connectivity index (χ0n) is 5.84. The molecule has 0 aromatic heterocycles. The van der Waals surface area contributed by atoms with Gasteiger partial charge in [-0.15, -0.1) is 12.6 Å². The van der Waals surface area contributed by atoms with Crippen molar-refractivity contribution in [2.75, 3.05) is 5.73 Å².